The number of fused-ring (bicyclic) bond motifs is 1. The van der Waals surface area contributed by atoms with Crippen LogP contribution in [0.2, 0.25) is 0 Å². The van der Waals surface area contributed by atoms with E-state index in [-0.39, 0.29) is 23.5 Å². The van der Waals surface area contributed by atoms with Crippen LogP contribution in [-0.4, -0.2) is 59.3 Å². The van der Waals surface area contributed by atoms with Gasteiger partial charge in [0.15, 0.2) is 0 Å². The van der Waals surface area contributed by atoms with Gasteiger partial charge in [0.2, 0.25) is 5.91 Å². The van der Waals surface area contributed by atoms with E-state index >= 15 is 4.39 Å². The average Bonchev–Trinajstić information content (AvgIpc) is 3.38. The first kappa shape index (κ1) is 23.1. The van der Waals surface area contributed by atoms with Gasteiger partial charge in [0, 0.05) is 57.5 Å². The highest BCUT2D eigenvalue weighted by Crippen LogP contribution is 2.39. The van der Waals surface area contributed by atoms with Gasteiger partial charge in [-0.05, 0) is 54.7 Å². The lowest BCUT2D eigenvalue weighted by Crippen LogP contribution is -2.42. The van der Waals surface area contributed by atoms with Gasteiger partial charge in [-0.3, -0.25) is 14.6 Å². The molecule has 2 aliphatic heterocycles. The Bertz CT molecular complexity index is 1130. The van der Waals surface area contributed by atoms with Gasteiger partial charge in [-0.1, -0.05) is 13.0 Å². The maximum atomic E-state index is 15.9. The van der Waals surface area contributed by atoms with Crippen molar-refractivity contribution in [2.24, 2.45) is 0 Å². The van der Waals surface area contributed by atoms with E-state index in [1.165, 1.54) is 11.3 Å². The summed E-state index contributed by atoms with van der Waals surface area (Å²) in [5, 5.41) is 2.68. The SMILES string of the molecule is CCc1cc([C@@H]2CCCN(C(=O)CCN3C=CNN3)C2)c(F)c2sc(C(=O)N(C)C3CC3)cc12. The standard InChI is InChI=1S/C25H32FN5O2S/c1-3-16-13-19(17-5-4-10-30(15-17)22(32)8-11-31-12-9-27-28-31)23(26)24-20(16)14-21(34-24)25(33)29(2)18-6-7-18/h9,12-14,17-18,27-28H,3-8,10-11,15H2,1-2H3/t17-/m1/s1. The molecule has 9 heteroatoms. The van der Waals surface area contributed by atoms with E-state index < -0.39 is 0 Å². The number of piperidine rings is 1. The van der Waals surface area contributed by atoms with Gasteiger partial charge < -0.3 is 15.2 Å². The summed E-state index contributed by atoms with van der Waals surface area (Å²) in [6, 6.07) is 4.18. The second-order valence-electron chi connectivity index (χ2n) is 9.49. The summed E-state index contributed by atoms with van der Waals surface area (Å²) in [4.78, 5) is 30.0. The number of rotatable bonds is 7. The summed E-state index contributed by atoms with van der Waals surface area (Å²) >= 11 is 1.27. The number of benzene rings is 1. The predicted octanol–water partition coefficient (Wildman–Crippen LogP) is 3.73. The van der Waals surface area contributed by atoms with Crippen molar-refractivity contribution in [3.63, 3.8) is 0 Å². The first-order valence-corrected chi connectivity index (χ1v) is 13.0. The maximum Gasteiger partial charge on any atom is 0.263 e. The minimum Gasteiger partial charge on any atom is -0.342 e. The van der Waals surface area contributed by atoms with E-state index in [4.69, 9.17) is 0 Å². The monoisotopic (exact) mass is 485 g/mol. The van der Waals surface area contributed by atoms with Crippen LogP contribution >= 0.6 is 11.3 Å². The van der Waals surface area contributed by atoms with Crippen molar-refractivity contribution in [1.29, 1.82) is 0 Å². The van der Waals surface area contributed by atoms with Crippen LogP contribution in [0.25, 0.3) is 10.1 Å². The number of aryl methyl sites for hydroxylation is 1. The molecule has 2 aromatic rings. The van der Waals surface area contributed by atoms with E-state index in [9.17, 15) is 9.59 Å². The molecule has 2 N–H and O–H groups in total. The van der Waals surface area contributed by atoms with Crippen molar-refractivity contribution in [1.82, 2.24) is 25.8 Å². The second-order valence-corrected chi connectivity index (χ2v) is 10.5. The van der Waals surface area contributed by atoms with Crippen molar-refractivity contribution in [2.75, 3.05) is 26.7 Å². The summed E-state index contributed by atoms with van der Waals surface area (Å²) in [7, 11) is 1.84. The van der Waals surface area contributed by atoms with Gasteiger partial charge in [-0.15, -0.1) is 16.9 Å². The molecule has 0 spiro atoms. The van der Waals surface area contributed by atoms with Gasteiger partial charge in [-0.25, -0.2) is 4.39 Å². The number of likely N-dealkylation sites (tertiary alicyclic amines) is 1. The number of nitrogens with one attached hydrogen (secondary N) is 2. The van der Waals surface area contributed by atoms with Crippen molar-refractivity contribution in [3.8, 4) is 0 Å². The number of amides is 2. The lowest BCUT2D eigenvalue weighted by molar-refractivity contribution is -0.132. The third-order valence-corrected chi connectivity index (χ3v) is 8.31. The third-order valence-electron chi connectivity index (χ3n) is 7.19. The molecule has 1 aromatic heterocycles. The summed E-state index contributed by atoms with van der Waals surface area (Å²) in [6.07, 6.45) is 8.61. The molecule has 1 atom stereocenters. The van der Waals surface area contributed by atoms with E-state index in [0.717, 1.165) is 43.1 Å². The minimum atomic E-state index is -0.220. The lowest BCUT2D eigenvalue weighted by Gasteiger charge is -2.34. The number of halogens is 1. The zero-order chi connectivity index (χ0) is 23.8. The molecule has 0 bridgehead atoms. The van der Waals surface area contributed by atoms with Crippen molar-refractivity contribution >= 4 is 33.2 Å². The van der Waals surface area contributed by atoms with Crippen LogP contribution in [0.5, 0.6) is 0 Å². The summed E-state index contributed by atoms with van der Waals surface area (Å²) in [5.74, 6) is -0.175. The molecule has 3 heterocycles. The Morgan fingerprint density at radius 1 is 1.26 bits per heavy atom. The molecule has 1 aromatic carbocycles. The number of hydrazine groups is 2. The molecule has 0 radical (unpaired) electrons. The highest BCUT2D eigenvalue weighted by Gasteiger charge is 2.32. The molecule has 1 saturated heterocycles. The maximum absolute atomic E-state index is 15.9. The quantitative estimate of drug-likeness (QED) is 0.626. The van der Waals surface area contributed by atoms with Gasteiger partial charge in [0.1, 0.15) is 5.82 Å². The first-order valence-electron chi connectivity index (χ1n) is 12.2. The van der Waals surface area contributed by atoms with Crippen molar-refractivity contribution in [3.05, 3.63) is 46.4 Å². The Morgan fingerprint density at radius 2 is 2.09 bits per heavy atom. The highest BCUT2D eigenvalue weighted by molar-refractivity contribution is 7.20. The fourth-order valence-electron chi connectivity index (χ4n) is 5.00. The first-order chi connectivity index (χ1) is 16.5. The molecule has 3 aliphatic rings. The van der Waals surface area contributed by atoms with Crippen LogP contribution in [0.3, 0.4) is 0 Å². The fraction of sp³-hybridized carbons (Fsp3) is 0.520. The molecule has 34 heavy (non-hydrogen) atoms. The zero-order valence-corrected chi connectivity index (χ0v) is 20.6. The van der Waals surface area contributed by atoms with Gasteiger partial charge in [0.05, 0.1) is 9.58 Å². The largest absolute Gasteiger partial charge is 0.342 e. The number of nitrogens with zero attached hydrogens (tertiary/aromatic N) is 3. The Balaban J connectivity index is 1.36. The van der Waals surface area contributed by atoms with Gasteiger partial charge in [0.25, 0.3) is 5.91 Å². The molecule has 5 rings (SSSR count). The molecule has 2 amide bonds. The van der Waals surface area contributed by atoms with Crippen LogP contribution in [0.15, 0.2) is 24.5 Å². The smallest absolute Gasteiger partial charge is 0.263 e. The van der Waals surface area contributed by atoms with Crippen LogP contribution < -0.4 is 11.0 Å². The summed E-state index contributed by atoms with van der Waals surface area (Å²) in [6.45, 7) is 3.89. The number of thiophene rings is 1. The van der Waals surface area contributed by atoms with Crippen LogP contribution in [0.1, 0.15) is 65.7 Å². The molecule has 1 saturated carbocycles. The normalized spacial score (nSPS) is 20.1. The van der Waals surface area contributed by atoms with E-state index in [1.54, 1.807) is 11.1 Å². The highest BCUT2D eigenvalue weighted by atomic mass is 32.1. The molecular weight excluding hydrogens is 453 g/mol. The number of hydrogen-bond acceptors (Lipinski definition) is 6. The van der Waals surface area contributed by atoms with Crippen molar-refractivity contribution < 1.29 is 14.0 Å². The van der Waals surface area contributed by atoms with Gasteiger partial charge in [-0.2, -0.15) is 0 Å². The molecule has 0 unspecified atom stereocenters. The minimum absolute atomic E-state index is 0.0151. The molecular formula is C25H32FN5O2S. The predicted molar refractivity (Wildman–Crippen MR) is 132 cm³/mol. The molecule has 1 aliphatic carbocycles. The topological polar surface area (TPSA) is 67.9 Å². The number of carbonyl (C=O) groups is 2. The van der Waals surface area contributed by atoms with Gasteiger partial charge >= 0.3 is 0 Å². The Labute approximate surface area is 203 Å². The third kappa shape index (κ3) is 4.51. The molecule has 7 nitrogen and oxygen atoms in total. The average molecular weight is 486 g/mol. The Kier molecular flexibility index (Phi) is 6.48. The van der Waals surface area contributed by atoms with E-state index in [1.807, 2.05) is 35.3 Å². The summed E-state index contributed by atoms with van der Waals surface area (Å²) in [5.41, 5.74) is 7.56. The second kappa shape index (κ2) is 9.54. The van der Waals surface area contributed by atoms with Crippen LogP contribution in [0, 0.1) is 5.82 Å². The van der Waals surface area contributed by atoms with Crippen molar-refractivity contribution in [2.45, 2.75) is 57.4 Å². The zero-order valence-electron chi connectivity index (χ0n) is 19.8. The Hall–Kier alpha value is -2.65. The van der Waals surface area contributed by atoms with Crippen LogP contribution in [0.4, 0.5) is 4.39 Å². The van der Waals surface area contributed by atoms with E-state index in [0.29, 0.717) is 47.2 Å². The number of carbonyl (C=O) groups excluding carboxylic acids is 2. The number of hydrogen-bond donors (Lipinski definition) is 2. The molecule has 2 fully saturated rings. The van der Waals surface area contributed by atoms with E-state index in [2.05, 4.69) is 17.9 Å². The Morgan fingerprint density at radius 3 is 2.79 bits per heavy atom. The lowest BCUT2D eigenvalue weighted by atomic mass is 9.88. The molecule has 182 valence electrons. The fourth-order valence-corrected chi connectivity index (χ4v) is 6.13. The summed E-state index contributed by atoms with van der Waals surface area (Å²) < 4.78 is 16.4. The van der Waals surface area contributed by atoms with Crippen LogP contribution in [-0.2, 0) is 11.2 Å².